The van der Waals surface area contributed by atoms with E-state index in [4.69, 9.17) is 15.4 Å². The first kappa shape index (κ1) is 17.2. The van der Waals surface area contributed by atoms with Crippen LogP contribution in [-0.2, 0) is 9.05 Å². The van der Waals surface area contributed by atoms with Gasteiger partial charge in [-0.2, -0.15) is 0 Å². The van der Waals surface area contributed by atoms with Gasteiger partial charge < -0.3 is 4.74 Å². The zero-order valence-electron chi connectivity index (χ0n) is 11.3. The van der Waals surface area contributed by atoms with Crippen LogP contribution in [0.5, 0.6) is 5.75 Å². The second kappa shape index (κ2) is 6.72. The van der Waals surface area contributed by atoms with Crippen LogP contribution in [-0.4, -0.2) is 20.8 Å². The Labute approximate surface area is 122 Å². The van der Waals surface area contributed by atoms with Crippen molar-refractivity contribution in [2.75, 3.05) is 12.4 Å². The van der Waals surface area contributed by atoms with Gasteiger partial charge in [-0.1, -0.05) is 13.8 Å². The molecule has 0 N–H and O–H groups in total. The largest absolute Gasteiger partial charge is 0.490 e. The number of hydrogen-bond acceptors (Lipinski definition) is 3. The van der Waals surface area contributed by atoms with E-state index < -0.39 is 26.1 Å². The van der Waals surface area contributed by atoms with Crippen molar-refractivity contribution in [1.29, 1.82) is 0 Å². The highest BCUT2D eigenvalue weighted by atomic mass is 35.7. The van der Waals surface area contributed by atoms with Crippen LogP contribution in [0.25, 0.3) is 0 Å². The summed E-state index contributed by atoms with van der Waals surface area (Å²) >= 11 is 0. The Balaban J connectivity index is 2.89. The Morgan fingerprint density at radius 2 is 1.85 bits per heavy atom. The van der Waals surface area contributed by atoms with Gasteiger partial charge in [-0.25, -0.2) is 17.2 Å². The van der Waals surface area contributed by atoms with Crippen molar-refractivity contribution in [1.82, 2.24) is 0 Å². The van der Waals surface area contributed by atoms with Crippen LogP contribution >= 0.6 is 10.7 Å². The molecule has 0 amide bonds. The summed E-state index contributed by atoms with van der Waals surface area (Å²) in [6, 6.07) is 2.88. The molecule has 1 aromatic carbocycles. The van der Waals surface area contributed by atoms with Gasteiger partial charge in [0.1, 0.15) is 5.82 Å². The molecule has 20 heavy (non-hydrogen) atoms. The monoisotopic (exact) mass is 326 g/mol. The molecule has 0 aromatic heterocycles. The standard InChI is InChI=1S/C13H17ClF2O3S/c1-3-13(4-2,9-20(14,17)18)8-19-12-7-10(15)5-6-11(12)16/h5-7H,3-4,8-9H2,1-2H3. The summed E-state index contributed by atoms with van der Waals surface area (Å²) in [5.74, 6) is -1.82. The lowest BCUT2D eigenvalue weighted by atomic mass is 9.85. The van der Waals surface area contributed by atoms with Gasteiger partial charge in [0, 0.05) is 22.2 Å². The van der Waals surface area contributed by atoms with Crippen LogP contribution in [0.15, 0.2) is 18.2 Å². The van der Waals surface area contributed by atoms with Gasteiger partial charge in [0.05, 0.1) is 12.4 Å². The second-order valence-corrected chi connectivity index (χ2v) is 7.53. The van der Waals surface area contributed by atoms with Gasteiger partial charge in [0.25, 0.3) is 0 Å². The molecule has 0 spiro atoms. The van der Waals surface area contributed by atoms with Crippen molar-refractivity contribution >= 4 is 19.7 Å². The summed E-state index contributed by atoms with van der Waals surface area (Å²) in [5.41, 5.74) is -0.723. The minimum absolute atomic E-state index is 0.0493. The second-order valence-electron chi connectivity index (χ2n) is 4.75. The van der Waals surface area contributed by atoms with E-state index in [0.29, 0.717) is 12.8 Å². The van der Waals surface area contributed by atoms with Gasteiger partial charge in [0.15, 0.2) is 11.6 Å². The summed E-state index contributed by atoms with van der Waals surface area (Å²) in [4.78, 5) is 0. The molecule has 0 atom stereocenters. The number of ether oxygens (including phenoxy) is 1. The van der Waals surface area contributed by atoms with Crippen molar-refractivity contribution < 1.29 is 21.9 Å². The number of hydrogen-bond donors (Lipinski definition) is 0. The Morgan fingerprint density at radius 1 is 1.25 bits per heavy atom. The molecule has 0 aliphatic rings. The first-order chi connectivity index (χ1) is 9.21. The van der Waals surface area contributed by atoms with E-state index in [1.807, 2.05) is 0 Å². The van der Waals surface area contributed by atoms with E-state index in [1.54, 1.807) is 13.8 Å². The van der Waals surface area contributed by atoms with Crippen molar-refractivity contribution in [3.8, 4) is 5.75 Å². The molecular weight excluding hydrogens is 310 g/mol. The lowest BCUT2D eigenvalue weighted by molar-refractivity contribution is 0.150. The predicted octanol–water partition coefficient (Wildman–Crippen LogP) is 3.72. The fourth-order valence-electron chi connectivity index (χ4n) is 1.88. The zero-order chi connectivity index (χ0) is 15.4. The Morgan fingerprint density at radius 3 is 2.35 bits per heavy atom. The van der Waals surface area contributed by atoms with E-state index in [2.05, 4.69) is 0 Å². The van der Waals surface area contributed by atoms with Crippen LogP contribution in [0.1, 0.15) is 26.7 Å². The maximum atomic E-state index is 13.5. The quantitative estimate of drug-likeness (QED) is 0.717. The van der Waals surface area contributed by atoms with Crippen LogP contribution < -0.4 is 4.74 Å². The summed E-state index contributed by atoms with van der Waals surface area (Å²) in [7, 11) is 1.59. The molecule has 0 saturated carbocycles. The van der Waals surface area contributed by atoms with Gasteiger partial charge in [-0.15, -0.1) is 0 Å². The Bertz CT molecular complexity index is 557. The van der Waals surface area contributed by atoms with Gasteiger partial charge in [0.2, 0.25) is 9.05 Å². The van der Waals surface area contributed by atoms with Crippen molar-refractivity contribution in [3.05, 3.63) is 29.8 Å². The third-order valence-corrected chi connectivity index (χ3v) is 4.69. The summed E-state index contributed by atoms with van der Waals surface area (Å²) in [5, 5.41) is 0. The fourth-order valence-corrected chi connectivity index (χ4v) is 3.80. The SMILES string of the molecule is CCC(CC)(COc1cc(F)ccc1F)CS(=O)(=O)Cl. The van der Waals surface area contributed by atoms with E-state index >= 15 is 0 Å². The average Bonchev–Trinajstić information content (AvgIpc) is 2.37. The number of rotatable bonds is 7. The molecular formula is C13H17ClF2O3S. The van der Waals surface area contributed by atoms with Gasteiger partial charge >= 0.3 is 0 Å². The molecule has 0 bridgehead atoms. The highest BCUT2D eigenvalue weighted by Crippen LogP contribution is 2.31. The van der Waals surface area contributed by atoms with E-state index in [9.17, 15) is 17.2 Å². The van der Waals surface area contributed by atoms with Gasteiger partial charge in [-0.3, -0.25) is 0 Å². The minimum Gasteiger partial charge on any atom is -0.490 e. The summed E-state index contributed by atoms with van der Waals surface area (Å²) < 4.78 is 54.3. The molecule has 0 aliphatic heterocycles. The maximum absolute atomic E-state index is 13.5. The molecule has 1 rings (SSSR count). The summed E-state index contributed by atoms with van der Waals surface area (Å²) in [6.07, 6.45) is 0.985. The first-order valence-electron chi connectivity index (χ1n) is 6.21. The topological polar surface area (TPSA) is 43.4 Å². The molecule has 0 unspecified atom stereocenters. The molecule has 0 fully saturated rings. The average molecular weight is 327 g/mol. The molecule has 114 valence electrons. The normalized spacial score (nSPS) is 12.4. The van der Waals surface area contributed by atoms with E-state index in [1.165, 1.54) is 0 Å². The van der Waals surface area contributed by atoms with Crippen LogP contribution in [0.2, 0.25) is 0 Å². The lowest BCUT2D eigenvalue weighted by Crippen LogP contribution is -2.34. The third kappa shape index (κ3) is 4.90. The molecule has 1 aromatic rings. The van der Waals surface area contributed by atoms with Gasteiger partial charge in [-0.05, 0) is 25.0 Å². The van der Waals surface area contributed by atoms with Crippen molar-refractivity contribution in [2.45, 2.75) is 26.7 Å². The molecule has 0 heterocycles. The Hall–Kier alpha value is -0.880. The fraction of sp³-hybridized carbons (Fsp3) is 0.538. The van der Waals surface area contributed by atoms with Crippen molar-refractivity contribution in [3.63, 3.8) is 0 Å². The molecule has 0 aliphatic carbocycles. The highest BCUT2D eigenvalue weighted by molar-refractivity contribution is 8.13. The minimum atomic E-state index is -3.70. The highest BCUT2D eigenvalue weighted by Gasteiger charge is 2.33. The van der Waals surface area contributed by atoms with Crippen LogP contribution in [0, 0.1) is 17.0 Å². The molecule has 0 radical (unpaired) electrons. The maximum Gasteiger partial charge on any atom is 0.233 e. The predicted molar refractivity (Wildman–Crippen MR) is 74.5 cm³/mol. The first-order valence-corrected chi connectivity index (χ1v) is 8.69. The van der Waals surface area contributed by atoms with Crippen LogP contribution in [0.3, 0.4) is 0 Å². The van der Waals surface area contributed by atoms with E-state index in [0.717, 1.165) is 18.2 Å². The molecule has 7 heteroatoms. The smallest absolute Gasteiger partial charge is 0.233 e. The molecule has 0 saturated heterocycles. The van der Waals surface area contributed by atoms with E-state index in [-0.39, 0.29) is 18.1 Å². The zero-order valence-corrected chi connectivity index (χ0v) is 12.9. The van der Waals surface area contributed by atoms with Crippen LogP contribution in [0.4, 0.5) is 8.78 Å². The van der Waals surface area contributed by atoms with Crippen molar-refractivity contribution in [2.24, 2.45) is 5.41 Å². The number of halogens is 3. The Kier molecular flexibility index (Phi) is 5.77. The molecule has 3 nitrogen and oxygen atoms in total. The lowest BCUT2D eigenvalue weighted by Gasteiger charge is -2.30. The summed E-state index contributed by atoms with van der Waals surface area (Å²) in [6.45, 7) is 3.56. The third-order valence-electron chi connectivity index (χ3n) is 3.41. The number of benzene rings is 1.